The molecular formula is C13H24N3O+. The van der Waals surface area contributed by atoms with Crippen LogP contribution >= 0.6 is 0 Å². The molecule has 0 bridgehead atoms. The lowest BCUT2D eigenvalue weighted by atomic mass is 9.85. The Morgan fingerprint density at radius 3 is 2.59 bits per heavy atom. The second kappa shape index (κ2) is 6.05. The molecule has 17 heavy (non-hydrogen) atoms. The third kappa shape index (κ3) is 3.00. The Hall–Kier alpha value is -1.03. The van der Waals surface area contributed by atoms with Crippen LogP contribution in [0, 0.1) is 0 Å². The van der Waals surface area contributed by atoms with Gasteiger partial charge in [-0.05, 0) is 32.1 Å². The Morgan fingerprint density at radius 2 is 1.88 bits per heavy atom. The highest BCUT2D eigenvalue weighted by Crippen LogP contribution is 2.32. The largest absolute Gasteiger partial charge is 0.358 e. The van der Waals surface area contributed by atoms with Gasteiger partial charge < -0.3 is 10.8 Å². The van der Waals surface area contributed by atoms with Crippen molar-refractivity contribution in [2.75, 3.05) is 6.54 Å². The summed E-state index contributed by atoms with van der Waals surface area (Å²) in [6, 6.07) is 0. The lowest BCUT2D eigenvalue weighted by Crippen LogP contribution is -2.50. The van der Waals surface area contributed by atoms with Gasteiger partial charge in [0.1, 0.15) is 0 Å². The van der Waals surface area contributed by atoms with Gasteiger partial charge >= 0.3 is 0 Å². The minimum atomic E-state index is 0.0923. The molecule has 4 heteroatoms. The number of aromatic nitrogens is 2. The van der Waals surface area contributed by atoms with Crippen LogP contribution in [0.3, 0.4) is 0 Å². The van der Waals surface area contributed by atoms with Crippen LogP contribution in [-0.2, 0) is 6.42 Å². The molecule has 1 saturated carbocycles. The predicted octanol–water partition coefficient (Wildman–Crippen LogP) is 1.32. The summed E-state index contributed by atoms with van der Waals surface area (Å²) >= 11 is 0. The molecule has 0 aliphatic heterocycles. The fourth-order valence-corrected chi connectivity index (χ4v) is 2.86. The van der Waals surface area contributed by atoms with E-state index in [1.165, 1.54) is 37.8 Å². The molecule has 0 radical (unpaired) electrons. The van der Waals surface area contributed by atoms with E-state index < -0.39 is 0 Å². The van der Waals surface area contributed by atoms with Gasteiger partial charge in [0, 0.05) is 17.2 Å². The standard InChI is InChI=1S/C13H23N3O/c14-9-5-4-8-11-12(15-16-13(11)17)10-6-2-1-3-7-10/h10H,1-9,14H2,(H2,15,16,17)/p+1. The van der Waals surface area contributed by atoms with Crippen molar-refractivity contribution < 1.29 is 5.73 Å². The Labute approximate surface area is 102 Å². The number of aromatic amines is 2. The van der Waals surface area contributed by atoms with Gasteiger partial charge in [-0.25, -0.2) is 0 Å². The molecule has 96 valence electrons. The maximum absolute atomic E-state index is 11.8. The number of H-pyrrole nitrogens is 2. The molecule has 1 aromatic heterocycles. The molecule has 4 nitrogen and oxygen atoms in total. The Morgan fingerprint density at radius 1 is 1.12 bits per heavy atom. The molecule has 5 N–H and O–H groups in total. The fraction of sp³-hybridized carbons (Fsp3) is 0.769. The van der Waals surface area contributed by atoms with E-state index >= 15 is 0 Å². The fourth-order valence-electron chi connectivity index (χ4n) is 2.86. The first kappa shape index (κ1) is 12.4. The second-order valence-corrected chi connectivity index (χ2v) is 5.12. The molecular weight excluding hydrogens is 214 g/mol. The van der Waals surface area contributed by atoms with Crippen LogP contribution in [0.2, 0.25) is 0 Å². The lowest BCUT2D eigenvalue weighted by molar-refractivity contribution is -0.368. The number of quaternary nitrogens is 1. The third-order valence-corrected chi connectivity index (χ3v) is 3.85. The third-order valence-electron chi connectivity index (χ3n) is 3.85. The van der Waals surface area contributed by atoms with Gasteiger partial charge in [-0.15, -0.1) is 0 Å². The molecule has 0 atom stereocenters. The smallest absolute Gasteiger partial charge is 0.267 e. The topological polar surface area (TPSA) is 76.3 Å². The summed E-state index contributed by atoms with van der Waals surface area (Å²) in [5, 5.41) is 5.88. The van der Waals surface area contributed by atoms with Crippen LogP contribution < -0.4 is 11.3 Å². The van der Waals surface area contributed by atoms with Crippen LogP contribution in [0.5, 0.6) is 0 Å². The van der Waals surface area contributed by atoms with E-state index in [-0.39, 0.29) is 5.56 Å². The number of hydrogen-bond acceptors (Lipinski definition) is 1. The summed E-state index contributed by atoms with van der Waals surface area (Å²) in [4.78, 5) is 11.8. The zero-order valence-corrected chi connectivity index (χ0v) is 10.6. The first-order valence-corrected chi connectivity index (χ1v) is 6.91. The minimum Gasteiger partial charge on any atom is -0.358 e. The van der Waals surface area contributed by atoms with E-state index in [2.05, 4.69) is 15.9 Å². The van der Waals surface area contributed by atoms with Crippen LogP contribution in [0.1, 0.15) is 62.1 Å². The van der Waals surface area contributed by atoms with E-state index in [0.717, 1.165) is 31.4 Å². The van der Waals surface area contributed by atoms with Crippen molar-refractivity contribution in [2.45, 2.75) is 57.3 Å². The lowest BCUT2D eigenvalue weighted by Gasteiger charge is -2.21. The van der Waals surface area contributed by atoms with Gasteiger partial charge in [0.25, 0.3) is 5.56 Å². The summed E-state index contributed by atoms with van der Waals surface area (Å²) in [5.74, 6) is 0.581. The highest BCUT2D eigenvalue weighted by molar-refractivity contribution is 5.21. The molecule has 1 aliphatic rings. The predicted molar refractivity (Wildman–Crippen MR) is 67.9 cm³/mol. The van der Waals surface area contributed by atoms with Crippen molar-refractivity contribution in [3.63, 3.8) is 0 Å². The molecule has 1 aromatic rings. The second-order valence-electron chi connectivity index (χ2n) is 5.12. The van der Waals surface area contributed by atoms with Crippen LogP contribution in [-0.4, -0.2) is 16.7 Å². The highest BCUT2D eigenvalue weighted by atomic mass is 16.1. The van der Waals surface area contributed by atoms with Crippen molar-refractivity contribution >= 4 is 0 Å². The van der Waals surface area contributed by atoms with Crippen molar-refractivity contribution in [1.29, 1.82) is 0 Å². The Bertz CT molecular complexity index is 388. The van der Waals surface area contributed by atoms with Crippen LogP contribution in [0.15, 0.2) is 4.79 Å². The molecule has 0 spiro atoms. The van der Waals surface area contributed by atoms with Gasteiger partial charge in [0.05, 0.1) is 6.54 Å². The van der Waals surface area contributed by atoms with Gasteiger partial charge in [0.15, 0.2) is 0 Å². The average Bonchev–Trinajstić information content (AvgIpc) is 2.73. The normalized spacial score (nSPS) is 17.5. The maximum Gasteiger partial charge on any atom is 0.267 e. The van der Waals surface area contributed by atoms with E-state index in [4.69, 9.17) is 0 Å². The summed E-state index contributed by atoms with van der Waals surface area (Å²) in [7, 11) is 0. The molecule has 2 rings (SSSR count). The number of rotatable bonds is 5. The van der Waals surface area contributed by atoms with Crippen molar-refractivity contribution in [3.8, 4) is 0 Å². The van der Waals surface area contributed by atoms with Gasteiger partial charge in [-0.2, -0.15) is 0 Å². The number of unbranched alkanes of at least 4 members (excludes halogenated alkanes) is 1. The van der Waals surface area contributed by atoms with Gasteiger partial charge in [-0.1, -0.05) is 19.3 Å². The van der Waals surface area contributed by atoms with Gasteiger partial charge in [0.2, 0.25) is 0 Å². The molecule has 0 unspecified atom stereocenters. The molecule has 1 aliphatic carbocycles. The van der Waals surface area contributed by atoms with E-state index in [0.29, 0.717) is 5.92 Å². The first-order valence-electron chi connectivity index (χ1n) is 6.91. The minimum absolute atomic E-state index is 0.0923. The molecule has 0 amide bonds. The molecule has 0 saturated heterocycles. The maximum atomic E-state index is 11.8. The Balaban J connectivity index is 2.07. The first-order chi connectivity index (χ1) is 8.33. The highest BCUT2D eigenvalue weighted by Gasteiger charge is 2.21. The monoisotopic (exact) mass is 238 g/mol. The SMILES string of the molecule is [NH3+]CCCCc1c(C2CCCCC2)[nH][nH]c1=O. The van der Waals surface area contributed by atoms with Crippen LogP contribution in [0.4, 0.5) is 0 Å². The molecule has 1 fully saturated rings. The van der Waals surface area contributed by atoms with E-state index in [1.54, 1.807) is 0 Å². The summed E-state index contributed by atoms with van der Waals surface area (Å²) < 4.78 is 0. The van der Waals surface area contributed by atoms with Crippen molar-refractivity contribution in [1.82, 2.24) is 10.2 Å². The van der Waals surface area contributed by atoms with E-state index in [1.807, 2.05) is 0 Å². The summed E-state index contributed by atoms with van der Waals surface area (Å²) in [6.07, 6.45) is 9.50. The van der Waals surface area contributed by atoms with Crippen LogP contribution in [0.25, 0.3) is 0 Å². The zero-order chi connectivity index (χ0) is 12.1. The van der Waals surface area contributed by atoms with Gasteiger partial charge in [-0.3, -0.25) is 9.89 Å². The number of nitrogens with one attached hydrogen (secondary N) is 2. The molecule has 0 aromatic carbocycles. The Kier molecular flexibility index (Phi) is 4.42. The summed E-state index contributed by atoms with van der Waals surface area (Å²) in [5.41, 5.74) is 6.14. The van der Waals surface area contributed by atoms with Crippen molar-refractivity contribution in [3.05, 3.63) is 21.6 Å². The zero-order valence-electron chi connectivity index (χ0n) is 10.6. The number of hydrogen-bond donors (Lipinski definition) is 3. The molecule has 1 heterocycles. The summed E-state index contributed by atoms with van der Waals surface area (Å²) in [6.45, 7) is 0.959. The van der Waals surface area contributed by atoms with Crippen molar-refractivity contribution in [2.24, 2.45) is 0 Å². The van der Waals surface area contributed by atoms with E-state index in [9.17, 15) is 4.79 Å². The quantitative estimate of drug-likeness (QED) is 0.665. The average molecular weight is 238 g/mol.